The molecule has 3 N–H and O–H groups in total. The molecule has 2 aromatic rings. The van der Waals surface area contributed by atoms with Crippen LogP contribution < -0.4 is 15.9 Å². The van der Waals surface area contributed by atoms with Gasteiger partial charge in [-0.1, -0.05) is 58.7 Å². The van der Waals surface area contributed by atoms with E-state index in [1.807, 2.05) is 45.0 Å². The summed E-state index contributed by atoms with van der Waals surface area (Å²) in [5.41, 5.74) is 7.90. The van der Waals surface area contributed by atoms with Gasteiger partial charge in [-0.3, -0.25) is 14.4 Å². The molecule has 0 aliphatic rings. The van der Waals surface area contributed by atoms with Crippen molar-refractivity contribution in [1.29, 1.82) is 0 Å². The van der Waals surface area contributed by atoms with Crippen LogP contribution in [-0.2, 0) is 30.3 Å². The van der Waals surface area contributed by atoms with Gasteiger partial charge in [0.15, 0.2) is 0 Å². The highest BCUT2D eigenvalue weighted by Gasteiger charge is 2.36. The van der Waals surface area contributed by atoms with E-state index < -0.39 is 42.0 Å². The lowest BCUT2D eigenvalue weighted by Crippen LogP contribution is -2.58. The Balaban J connectivity index is 2.50. The average molecular weight is 602 g/mol. The smallest absolute Gasteiger partial charge is 0.328 e. The predicted octanol–water partition coefficient (Wildman–Crippen LogP) is 2.77. The Labute approximate surface area is 256 Å². The Hall–Kier alpha value is -3.60. The van der Waals surface area contributed by atoms with Crippen LogP contribution in [0.2, 0.25) is 0 Å². The second-order valence-corrected chi connectivity index (χ2v) is 11.9. The first-order valence-corrected chi connectivity index (χ1v) is 15.1. The first kappa shape index (κ1) is 35.6. The molecule has 0 aliphatic heterocycles. The fraction of sp³-hybridized carbons (Fsp3) is 0.625. The summed E-state index contributed by atoms with van der Waals surface area (Å²) in [6.07, 6.45) is 4.58. The summed E-state index contributed by atoms with van der Waals surface area (Å²) in [6.45, 7) is 9.63. The monoisotopic (exact) mass is 601 g/mol. The molecule has 11 nitrogen and oxygen atoms in total. The zero-order valence-electron chi connectivity index (χ0n) is 27.3. The third kappa shape index (κ3) is 9.19. The maximum Gasteiger partial charge on any atom is 0.328 e. The second-order valence-electron chi connectivity index (χ2n) is 11.9. The average Bonchev–Trinajstić information content (AvgIpc) is 3.34. The molecule has 2 rings (SSSR count). The number of hydrogen-bond donors (Lipinski definition) is 2. The van der Waals surface area contributed by atoms with Gasteiger partial charge in [-0.05, 0) is 43.2 Å². The molecule has 0 aliphatic carbocycles. The lowest BCUT2D eigenvalue weighted by molar-refractivity contribution is -0.152. The summed E-state index contributed by atoms with van der Waals surface area (Å²) in [5.74, 6) is -1.49. The van der Waals surface area contributed by atoms with Gasteiger partial charge in [-0.25, -0.2) is 4.79 Å². The van der Waals surface area contributed by atoms with E-state index in [0.29, 0.717) is 12.8 Å². The number of likely N-dealkylation sites (N-methyl/N-ethyl adjacent to an activating group) is 2. The Morgan fingerprint density at radius 1 is 0.977 bits per heavy atom. The van der Waals surface area contributed by atoms with Crippen molar-refractivity contribution in [1.82, 2.24) is 19.8 Å². The summed E-state index contributed by atoms with van der Waals surface area (Å²) in [5, 5.41) is 3.83. The zero-order chi connectivity index (χ0) is 32.4. The quantitative estimate of drug-likeness (QED) is 0.283. The molecule has 0 bridgehead atoms. The van der Waals surface area contributed by atoms with Crippen LogP contribution in [0.4, 0.5) is 0 Å². The van der Waals surface area contributed by atoms with Crippen LogP contribution in [0.1, 0.15) is 65.9 Å². The maximum atomic E-state index is 14.1. The van der Waals surface area contributed by atoms with Crippen LogP contribution in [0.3, 0.4) is 0 Å². The molecule has 43 heavy (non-hydrogen) atoms. The van der Waals surface area contributed by atoms with E-state index in [1.165, 1.54) is 24.0 Å². The molecule has 1 heterocycles. The van der Waals surface area contributed by atoms with Crippen molar-refractivity contribution in [3.63, 3.8) is 0 Å². The van der Waals surface area contributed by atoms with Crippen molar-refractivity contribution in [3.05, 3.63) is 36.0 Å². The van der Waals surface area contributed by atoms with Crippen molar-refractivity contribution >= 4 is 34.6 Å². The number of nitrogens with zero attached hydrogens (tertiary/aromatic N) is 3. The van der Waals surface area contributed by atoms with E-state index in [-0.39, 0.29) is 24.2 Å². The van der Waals surface area contributed by atoms with Crippen molar-refractivity contribution in [3.8, 4) is 0 Å². The lowest BCUT2D eigenvalue weighted by Gasteiger charge is -2.33. The SMILES string of the molecule is CCC[C@@H](C)C[C@H](NC(=O)[C@H](Cc1cn(OC)c2ccccc12)N(C)C(=O)[C@@H](N)CC(C)C)C(=O)N(C)[C@@H](C)C(=O)OC. The van der Waals surface area contributed by atoms with Crippen LogP contribution in [0, 0.1) is 11.8 Å². The van der Waals surface area contributed by atoms with Gasteiger partial charge in [0.05, 0.1) is 18.7 Å². The highest BCUT2D eigenvalue weighted by atomic mass is 16.6. The molecule has 11 heteroatoms. The number of amides is 3. The predicted molar refractivity (Wildman–Crippen MR) is 167 cm³/mol. The van der Waals surface area contributed by atoms with Crippen LogP contribution in [-0.4, -0.2) is 90.7 Å². The van der Waals surface area contributed by atoms with Gasteiger partial charge < -0.3 is 30.4 Å². The summed E-state index contributed by atoms with van der Waals surface area (Å²) >= 11 is 0. The number of ether oxygens (including phenoxy) is 1. The topological polar surface area (TPSA) is 136 Å². The highest BCUT2D eigenvalue weighted by molar-refractivity contribution is 5.95. The molecule has 0 unspecified atom stereocenters. The van der Waals surface area contributed by atoms with Crippen LogP contribution >= 0.6 is 0 Å². The van der Waals surface area contributed by atoms with Gasteiger partial charge in [0.25, 0.3) is 0 Å². The molecule has 1 aromatic carbocycles. The summed E-state index contributed by atoms with van der Waals surface area (Å²) in [4.78, 5) is 61.7. The molecular weight excluding hydrogens is 550 g/mol. The van der Waals surface area contributed by atoms with Crippen molar-refractivity contribution in [2.45, 2.75) is 90.9 Å². The molecule has 5 atom stereocenters. The molecule has 0 radical (unpaired) electrons. The number of rotatable bonds is 16. The standard InChI is InChI=1S/C32H51N5O6/c1-10-13-21(4)17-26(31(40)35(6)22(5)32(41)42-8)34-29(38)28(36(7)30(39)25(33)16-20(2)3)18-23-19-37(43-9)27-15-12-11-14-24(23)27/h11-12,14-15,19-22,25-26,28H,10,13,16-18,33H2,1-9H3,(H,34,38)/t21-,22+,25+,26+,28+/m1/s1. The zero-order valence-corrected chi connectivity index (χ0v) is 27.3. The van der Waals surface area contributed by atoms with Crippen LogP contribution in [0.25, 0.3) is 10.9 Å². The number of methoxy groups -OCH3 is 1. The van der Waals surface area contributed by atoms with Gasteiger partial charge in [0.1, 0.15) is 25.2 Å². The molecule has 0 fully saturated rings. The minimum atomic E-state index is -0.970. The van der Waals surface area contributed by atoms with Gasteiger partial charge in [0, 0.05) is 32.1 Å². The second kappa shape index (κ2) is 16.3. The third-order valence-corrected chi connectivity index (χ3v) is 8.04. The van der Waals surface area contributed by atoms with E-state index in [0.717, 1.165) is 29.3 Å². The molecular formula is C32H51N5O6. The van der Waals surface area contributed by atoms with E-state index in [1.54, 1.807) is 32.0 Å². The Morgan fingerprint density at radius 3 is 2.21 bits per heavy atom. The van der Waals surface area contributed by atoms with Crippen molar-refractivity contribution in [2.24, 2.45) is 17.6 Å². The van der Waals surface area contributed by atoms with Crippen LogP contribution in [0.5, 0.6) is 0 Å². The third-order valence-electron chi connectivity index (χ3n) is 8.04. The van der Waals surface area contributed by atoms with E-state index in [2.05, 4.69) is 12.2 Å². The number of esters is 1. The van der Waals surface area contributed by atoms with Gasteiger partial charge in [0.2, 0.25) is 17.7 Å². The van der Waals surface area contributed by atoms with Gasteiger partial charge in [-0.15, -0.1) is 0 Å². The molecule has 1 aromatic heterocycles. The largest absolute Gasteiger partial charge is 0.467 e. The number of aromatic nitrogens is 1. The summed E-state index contributed by atoms with van der Waals surface area (Å²) in [7, 11) is 5.91. The number of nitrogens with one attached hydrogen (secondary N) is 1. The first-order chi connectivity index (χ1) is 20.3. The lowest BCUT2D eigenvalue weighted by atomic mass is 9.95. The number of fused-ring (bicyclic) bond motifs is 1. The fourth-order valence-corrected chi connectivity index (χ4v) is 5.44. The minimum Gasteiger partial charge on any atom is -0.467 e. The maximum absolute atomic E-state index is 14.1. The molecule has 0 saturated heterocycles. The number of benzene rings is 1. The number of nitrogens with two attached hydrogens (primary N) is 1. The highest BCUT2D eigenvalue weighted by Crippen LogP contribution is 2.24. The Bertz CT molecular complexity index is 1240. The number of carbonyl (C=O) groups excluding carboxylic acids is 4. The normalized spacial score (nSPS) is 14.9. The molecule has 0 spiro atoms. The van der Waals surface area contributed by atoms with Crippen molar-refractivity contribution < 1.29 is 28.8 Å². The van der Waals surface area contributed by atoms with E-state index in [4.69, 9.17) is 15.3 Å². The number of carbonyl (C=O) groups is 4. The molecule has 240 valence electrons. The molecule has 3 amide bonds. The number of hydrogen-bond acceptors (Lipinski definition) is 7. The minimum absolute atomic E-state index is 0.123. The number of para-hydroxylation sites is 1. The van der Waals surface area contributed by atoms with E-state index >= 15 is 0 Å². The van der Waals surface area contributed by atoms with E-state index in [9.17, 15) is 19.2 Å². The summed E-state index contributed by atoms with van der Waals surface area (Å²) < 4.78 is 6.45. The van der Waals surface area contributed by atoms with Gasteiger partial charge in [-0.2, -0.15) is 4.73 Å². The fourth-order valence-electron chi connectivity index (χ4n) is 5.44. The summed E-state index contributed by atoms with van der Waals surface area (Å²) in [6, 6.07) is 4.13. The van der Waals surface area contributed by atoms with Crippen molar-refractivity contribution in [2.75, 3.05) is 28.3 Å². The Kier molecular flexibility index (Phi) is 13.5. The van der Waals surface area contributed by atoms with Crippen LogP contribution in [0.15, 0.2) is 30.5 Å². The first-order valence-electron chi connectivity index (χ1n) is 15.1. The molecule has 0 saturated carbocycles. The van der Waals surface area contributed by atoms with Gasteiger partial charge >= 0.3 is 5.97 Å². The Morgan fingerprint density at radius 2 is 1.63 bits per heavy atom.